The van der Waals surface area contributed by atoms with Gasteiger partial charge in [0.1, 0.15) is 11.4 Å². The maximum atomic E-state index is 8.68. The number of rotatable bonds is 6. The summed E-state index contributed by atoms with van der Waals surface area (Å²) < 4.78 is 35.2. The van der Waals surface area contributed by atoms with Crippen LogP contribution in [-0.2, 0) is 16.2 Å². The molecule has 4 nitrogen and oxygen atoms in total. The first-order valence-corrected chi connectivity index (χ1v) is 21.2. The minimum atomic E-state index is -2.40. The molecule has 0 N–H and O–H groups in total. The van der Waals surface area contributed by atoms with Crippen LogP contribution in [0.2, 0.25) is 0 Å². The lowest BCUT2D eigenvalue weighted by Crippen LogP contribution is -2.16. The van der Waals surface area contributed by atoms with E-state index in [1.54, 1.807) is 6.07 Å². The van der Waals surface area contributed by atoms with Gasteiger partial charge in [-0.25, -0.2) is 9.97 Å². The van der Waals surface area contributed by atoms with Crippen molar-refractivity contribution < 1.29 is 8.53 Å². The Morgan fingerprint density at radius 3 is 1.78 bits per heavy atom. The average molecular weight is 783 g/mol. The van der Waals surface area contributed by atoms with Gasteiger partial charge in [-0.2, -0.15) is 0 Å². The Morgan fingerprint density at radius 2 is 1.20 bits per heavy atom. The Bertz CT molecular complexity index is 2930. The highest BCUT2D eigenvalue weighted by Gasteiger charge is 2.27. The highest BCUT2D eigenvalue weighted by Crippen LogP contribution is 2.44. The standard InChI is InChI=1S/C55H61N3O/c1-32(2)43-29-36(35-20-22-38(23-21-35)53(6,7)8)30-44(33(3)4)49(43)58-47-18-16-15-17-46(47)56-51(58)42-24-19-34(5)48-41-25-26-45(57-52(41)59-50(42)48)37-27-39(54(9,10)11)31-40(28-37)55(12,13)14/h15-33H,1-14H3/i5D3. The topological polar surface area (TPSA) is 43.9 Å². The number of aromatic nitrogens is 3. The molecule has 4 heteroatoms. The van der Waals surface area contributed by atoms with Crippen LogP contribution in [0.4, 0.5) is 0 Å². The van der Waals surface area contributed by atoms with Gasteiger partial charge < -0.3 is 4.42 Å². The SMILES string of the molecule is [2H]C([2H])([2H])c1ccc(-c2nc3ccccc3n2-c2c(C(C)C)cc(-c3ccc(C(C)(C)C)cc3)cc2C(C)C)c2oc3nc(-c4cc(C(C)(C)C)cc(C(C)(C)C)c4)ccc3c12. The van der Waals surface area contributed by atoms with E-state index >= 15 is 0 Å². The lowest BCUT2D eigenvalue weighted by molar-refractivity contribution is 0.569. The Kier molecular flexibility index (Phi) is 8.91. The van der Waals surface area contributed by atoms with Gasteiger partial charge in [0.05, 0.1) is 28.0 Å². The summed E-state index contributed by atoms with van der Waals surface area (Å²) in [7, 11) is 0. The number of fused-ring (bicyclic) bond motifs is 4. The number of para-hydroxylation sites is 2. The zero-order valence-electron chi connectivity index (χ0n) is 40.2. The third kappa shape index (κ3) is 7.30. The van der Waals surface area contributed by atoms with Crippen molar-refractivity contribution >= 4 is 33.1 Å². The summed E-state index contributed by atoms with van der Waals surface area (Å²) in [5.74, 6) is 1.03. The summed E-state index contributed by atoms with van der Waals surface area (Å²) >= 11 is 0. The number of aryl methyl sites for hydroxylation is 1. The van der Waals surface area contributed by atoms with Crippen LogP contribution in [0.3, 0.4) is 0 Å². The van der Waals surface area contributed by atoms with Crippen molar-refractivity contribution in [3.05, 3.63) is 137 Å². The van der Waals surface area contributed by atoms with Crippen molar-refractivity contribution in [2.24, 2.45) is 0 Å². The molecule has 0 aliphatic carbocycles. The first-order valence-electron chi connectivity index (χ1n) is 22.7. The monoisotopic (exact) mass is 783 g/mol. The summed E-state index contributed by atoms with van der Waals surface area (Å²) in [6, 6.07) is 36.2. The predicted molar refractivity (Wildman–Crippen MR) is 251 cm³/mol. The van der Waals surface area contributed by atoms with Gasteiger partial charge in [-0.3, -0.25) is 4.57 Å². The third-order valence-electron chi connectivity index (χ3n) is 12.0. The molecule has 8 aromatic rings. The minimum absolute atomic E-state index is 0.0625. The highest BCUT2D eigenvalue weighted by atomic mass is 16.3. The van der Waals surface area contributed by atoms with Crippen molar-refractivity contribution in [2.75, 3.05) is 0 Å². The molecule has 0 bridgehead atoms. The molecule has 0 spiro atoms. The van der Waals surface area contributed by atoms with Gasteiger partial charge in [0, 0.05) is 20.4 Å². The van der Waals surface area contributed by atoms with Crippen molar-refractivity contribution in [3.63, 3.8) is 0 Å². The zero-order chi connectivity index (χ0) is 44.8. The van der Waals surface area contributed by atoms with Crippen LogP contribution in [0, 0.1) is 6.85 Å². The second-order valence-electron chi connectivity index (χ2n) is 20.2. The Balaban J connectivity index is 1.40. The van der Waals surface area contributed by atoms with Gasteiger partial charge in [0.2, 0.25) is 5.71 Å². The molecule has 0 saturated carbocycles. The quantitative estimate of drug-likeness (QED) is 0.169. The van der Waals surface area contributed by atoms with E-state index in [0.717, 1.165) is 28.0 Å². The molecular weight excluding hydrogens is 719 g/mol. The van der Waals surface area contributed by atoms with Crippen molar-refractivity contribution in [1.82, 2.24) is 14.5 Å². The van der Waals surface area contributed by atoms with E-state index in [-0.39, 0.29) is 33.6 Å². The van der Waals surface area contributed by atoms with E-state index in [0.29, 0.717) is 33.5 Å². The van der Waals surface area contributed by atoms with E-state index < -0.39 is 6.85 Å². The molecule has 0 atom stereocenters. The number of imidazole rings is 1. The third-order valence-corrected chi connectivity index (χ3v) is 12.0. The summed E-state index contributed by atoms with van der Waals surface area (Å²) in [5.41, 5.74) is 14.9. The van der Waals surface area contributed by atoms with E-state index in [1.165, 1.54) is 38.9 Å². The first kappa shape index (κ1) is 36.6. The van der Waals surface area contributed by atoms with E-state index in [9.17, 15) is 0 Å². The molecule has 59 heavy (non-hydrogen) atoms. The molecule has 0 aliphatic heterocycles. The lowest BCUT2D eigenvalue weighted by atomic mass is 9.79. The van der Waals surface area contributed by atoms with Crippen LogP contribution < -0.4 is 0 Å². The van der Waals surface area contributed by atoms with Crippen LogP contribution >= 0.6 is 0 Å². The molecule has 3 aromatic heterocycles. The van der Waals surface area contributed by atoms with Gasteiger partial charge in [-0.15, -0.1) is 0 Å². The summed E-state index contributed by atoms with van der Waals surface area (Å²) in [6.45, 7) is 26.7. The Labute approximate surface area is 356 Å². The molecule has 3 heterocycles. The fourth-order valence-corrected chi connectivity index (χ4v) is 8.32. The van der Waals surface area contributed by atoms with Gasteiger partial charge in [0.15, 0.2) is 0 Å². The molecular formula is C55H61N3O. The molecule has 0 aliphatic rings. The van der Waals surface area contributed by atoms with Crippen LogP contribution in [0.15, 0.2) is 108 Å². The second-order valence-corrected chi connectivity index (χ2v) is 20.2. The van der Waals surface area contributed by atoms with E-state index in [1.807, 2.05) is 30.3 Å². The van der Waals surface area contributed by atoms with Crippen LogP contribution in [0.1, 0.15) is 139 Å². The number of nitrogens with zero attached hydrogens (tertiary/aromatic N) is 3. The number of hydrogen-bond donors (Lipinski definition) is 0. The maximum Gasteiger partial charge on any atom is 0.227 e. The summed E-state index contributed by atoms with van der Waals surface area (Å²) in [4.78, 5) is 10.5. The van der Waals surface area contributed by atoms with Crippen molar-refractivity contribution in [2.45, 2.75) is 125 Å². The molecule has 0 fully saturated rings. The summed E-state index contributed by atoms with van der Waals surface area (Å²) in [5, 5.41) is 1.20. The van der Waals surface area contributed by atoms with Crippen LogP contribution in [0.25, 0.3) is 72.6 Å². The molecule has 8 rings (SSSR count). The van der Waals surface area contributed by atoms with Crippen LogP contribution in [-0.4, -0.2) is 14.5 Å². The molecule has 0 amide bonds. The normalized spacial score (nSPS) is 13.8. The lowest BCUT2D eigenvalue weighted by Gasteiger charge is -2.26. The molecule has 0 radical (unpaired) electrons. The predicted octanol–water partition coefficient (Wildman–Crippen LogP) is 15.8. The molecule has 0 unspecified atom stereocenters. The smallest absolute Gasteiger partial charge is 0.227 e. The fourth-order valence-electron chi connectivity index (χ4n) is 8.32. The van der Waals surface area contributed by atoms with Gasteiger partial charge >= 0.3 is 0 Å². The number of furan rings is 1. The van der Waals surface area contributed by atoms with Gasteiger partial charge in [-0.05, 0) is 134 Å². The molecule has 0 saturated heterocycles. The largest absolute Gasteiger partial charge is 0.437 e. The Morgan fingerprint density at radius 1 is 0.593 bits per heavy atom. The van der Waals surface area contributed by atoms with Crippen LogP contribution in [0.5, 0.6) is 0 Å². The van der Waals surface area contributed by atoms with E-state index in [2.05, 4.69) is 161 Å². The molecule has 5 aromatic carbocycles. The number of hydrogen-bond acceptors (Lipinski definition) is 3. The second kappa shape index (κ2) is 14.4. The van der Waals surface area contributed by atoms with Gasteiger partial charge in [-0.1, -0.05) is 139 Å². The molecule has 302 valence electrons. The van der Waals surface area contributed by atoms with Gasteiger partial charge in [0.25, 0.3) is 0 Å². The Hall–Kier alpha value is -5.48. The first-order chi connectivity index (χ1) is 28.9. The van der Waals surface area contributed by atoms with Crippen molar-refractivity contribution in [1.29, 1.82) is 0 Å². The minimum Gasteiger partial charge on any atom is -0.437 e. The fraction of sp³-hybridized carbons (Fsp3) is 0.345. The highest BCUT2D eigenvalue weighted by molar-refractivity contribution is 6.10. The average Bonchev–Trinajstić information content (AvgIpc) is 3.77. The zero-order valence-corrected chi connectivity index (χ0v) is 37.2. The number of pyridine rings is 1. The van der Waals surface area contributed by atoms with Crippen molar-refractivity contribution in [3.8, 4) is 39.5 Å². The number of benzene rings is 5. The van der Waals surface area contributed by atoms with E-state index in [4.69, 9.17) is 18.5 Å². The summed E-state index contributed by atoms with van der Waals surface area (Å²) in [6.07, 6.45) is 0. The maximum absolute atomic E-state index is 8.68.